The fraction of sp³-hybridized carbons (Fsp3) is 0. The normalized spacial score (nSPS) is 13.5. The summed E-state index contributed by atoms with van der Waals surface area (Å²) >= 11 is 1.82. The fourth-order valence-corrected chi connectivity index (χ4v) is 12.7. The lowest BCUT2D eigenvalue weighted by molar-refractivity contribution is 1.04. The predicted octanol–water partition coefficient (Wildman–Crippen LogP) is 12.3. The molecule has 0 radical (unpaired) electrons. The minimum absolute atomic E-state index is 0.648. The van der Waals surface area contributed by atoms with E-state index in [0.717, 1.165) is 27.8 Å². The van der Waals surface area contributed by atoms with Crippen LogP contribution < -0.4 is 0 Å². The van der Waals surface area contributed by atoms with Gasteiger partial charge in [0.05, 0.1) is 0 Å². The molecule has 0 amide bonds. The quantitative estimate of drug-likeness (QED) is 0.176. The molecule has 0 saturated heterocycles. The van der Waals surface area contributed by atoms with Gasteiger partial charge in [0, 0.05) is 46.1 Å². The van der Waals surface area contributed by atoms with Crippen LogP contribution in [0.15, 0.2) is 217 Å². The molecular formula is C45H31N3S2. The van der Waals surface area contributed by atoms with Gasteiger partial charge in [-0.2, -0.15) is 0 Å². The largest absolute Gasteiger partial charge is 0.208 e. The van der Waals surface area contributed by atoms with Gasteiger partial charge in [-0.15, -0.1) is 10.0 Å². The molecule has 2 heterocycles. The molecule has 0 bridgehead atoms. The number of benzene rings is 7. The summed E-state index contributed by atoms with van der Waals surface area (Å²) in [5, 5.41) is 0. The van der Waals surface area contributed by atoms with Gasteiger partial charge >= 0.3 is 0 Å². The van der Waals surface area contributed by atoms with E-state index in [4.69, 9.17) is 15.0 Å². The Labute approximate surface area is 298 Å². The molecule has 5 heteroatoms. The Morgan fingerprint density at radius 3 is 1.52 bits per heavy atom. The van der Waals surface area contributed by atoms with Crippen LogP contribution in [0.4, 0.5) is 0 Å². The van der Waals surface area contributed by atoms with Gasteiger partial charge in [0.1, 0.15) is 0 Å². The van der Waals surface area contributed by atoms with Crippen LogP contribution in [0.2, 0.25) is 0 Å². The highest BCUT2D eigenvalue weighted by Gasteiger charge is 2.41. The lowest BCUT2D eigenvalue weighted by atomic mass is 10.0. The van der Waals surface area contributed by atoms with E-state index in [1.807, 2.05) is 36.0 Å². The van der Waals surface area contributed by atoms with E-state index in [0.29, 0.717) is 17.5 Å². The summed E-state index contributed by atoms with van der Waals surface area (Å²) in [7, 11) is -1.86. The van der Waals surface area contributed by atoms with Crippen LogP contribution in [-0.4, -0.2) is 15.0 Å². The summed E-state index contributed by atoms with van der Waals surface area (Å²) in [6.45, 7) is 0. The molecule has 0 atom stereocenters. The number of nitrogens with zero attached hydrogens (tertiary/aromatic N) is 3. The smallest absolute Gasteiger partial charge is 0.165 e. The van der Waals surface area contributed by atoms with Crippen molar-refractivity contribution >= 4 is 21.8 Å². The number of rotatable bonds is 6. The summed E-state index contributed by atoms with van der Waals surface area (Å²) in [5.41, 5.74) is 5.18. The first-order chi connectivity index (χ1) is 24.8. The van der Waals surface area contributed by atoms with Crippen LogP contribution in [0.3, 0.4) is 0 Å². The van der Waals surface area contributed by atoms with Crippen molar-refractivity contribution in [2.75, 3.05) is 0 Å². The van der Waals surface area contributed by atoms with Gasteiger partial charge in [-0.1, -0.05) is 145 Å². The van der Waals surface area contributed by atoms with Crippen molar-refractivity contribution in [2.45, 2.75) is 29.4 Å². The zero-order chi connectivity index (χ0) is 33.3. The highest BCUT2D eigenvalue weighted by molar-refractivity contribution is 8.34. The van der Waals surface area contributed by atoms with E-state index < -0.39 is 10.0 Å². The summed E-state index contributed by atoms with van der Waals surface area (Å²) in [6, 6.07) is 66.7. The number of aromatic nitrogens is 3. The monoisotopic (exact) mass is 677 g/mol. The van der Waals surface area contributed by atoms with Gasteiger partial charge in [-0.05, 0) is 65.7 Å². The van der Waals surface area contributed by atoms with E-state index in [2.05, 4.69) is 164 Å². The molecule has 1 aliphatic heterocycles. The Morgan fingerprint density at radius 2 is 0.840 bits per heavy atom. The second-order valence-electron chi connectivity index (χ2n) is 12.0. The first-order valence-corrected chi connectivity index (χ1v) is 19.1. The van der Waals surface area contributed by atoms with Crippen molar-refractivity contribution in [2.24, 2.45) is 0 Å². The van der Waals surface area contributed by atoms with Crippen LogP contribution in [0.25, 0.3) is 45.3 Å². The molecule has 8 aromatic rings. The molecule has 0 spiro atoms. The molecule has 1 aliphatic rings. The molecule has 50 heavy (non-hydrogen) atoms. The zero-order valence-corrected chi connectivity index (χ0v) is 28.7. The van der Waals surface area contributed by atoms with E-state index in [1.54, 1.807) is 0 Å². The molecular weight excluding hydrogens is 647 g/mol. The molecule has 238 valence electrons. The minimum atomic E-state index is -1.86. The number of hydrogen-bond donors (Lipinski definition) is 0. The van der Waals surface area contributed by atoms with Gasteiger partial charge < -0.3 is 0 Å². The average molecular weight is 678 g/mol. The van der Waals surface area contributed by atoms with Crippen LogP contribution in [-0.2, 0) is 0 Å². The van der Waals surface area contributed by atoms with Crippen LogP contribution >= 0.6 is 21.8 Å². The topological polar surface area (TPSA) is 38.7 Å². The van der Waals surface area contributed by atoms with E-state index in [-0.39, 0.29) is 0 Å². The third-order valence-electron chi connectivity index (χ3n) is 9.03. The van der Waals surface area contributed by atoms with Crippen LogP contribution in [0, 0.1) is 0 Å². The molecule has 0 saturated carbocycles. The first-order valence-electron chi connectivity index (χ1n) is 16.6. The first kappa shape index (κ1) is 30.3. The fourth-order valence-electron chi connectivity index (χ4n) is 6.76. The molecule has 0 fully saturated rings. The third kappa shape index (κ3) is 5.23. The summed E-state index contributed by atoms with van der Waals surface area (Å²) in [4.78, 5) is 23.2. The van der Waals surface area contributed by atoms with Crippen molar-refractivity contribution in [3.63, 3.8) is 0 Å². The maximum atomic E-state index is 5.27. The molecule has 9 rings (SSSR count). The second kappa shape index (κ2) is 12.9. The molecule has 0 aliphatic carbocycles. The zero-order valence-electron chi connectivity index (χ0n) is 27.1. The predicted molar refractivity (Wildman–Crippen MR) is 206 cm³/mol. The Balaban J connectivity index is 1.31. The number of fused-ring (bicyclic) bond motifs is 2. The standard InChI is InChI=1S/C45H31N3S2/c1-5-17-32(18-6-1)34-21-15-22-35(31-34)44-46-43(33-19-7-2-8-20-33)47-45(48-44)38-27-16-30-41-42(38)49-39-28-13-14-29-40(39)50(41,36-23-9-3-10-24-36)37-25-11-4-12-26-37/h1-31H. The van der Waals surface area contributed by atoms with E-state index >= 15 is 0 Å². The highest BCUT2D eigenvalue weighted by atomic mass is 32.3. The number of hydrogen-bond acceptors (Lipinski definition) is 4. The minimum Gasteiger partial charge on any atom is -0.208 e. The third-order valence-corrected chi connectivity index (χ3v) is 14.5. The van der Waals surface area contributed by atoms with Gasteiger partial charge in [0.25, 0.3) is 0 Å². The maximum absolute atomic E-state index is 5.27. The SMILES string of the molecule is c1ccc(-c2cccc(-c3nc(-c4ccccc4)nc(-c4cccc5c4Sc4ccccc4S5(c4ccccc4)c4ccccc4)n3)c2)cc1. The van der Waals surface area contributed by atoms with Gasteiger partial charge in [0.15, 0.2) is 17.5 Å². The van der Waals surface area contributed by atoms with Crippen molar-refractivity contribution in [1.82, 2.24) is 15.0 Å². The van der Waals surface area contributed by atoms with Gasteiger partial charge in [-0.25, -0.2) is 15.0 Å². The highest BCUT2D eigenvalue weighted by Crippen LogP contribution is 2.79. The van der Waals surface area contributed by atoms with Crippen LogP contribution in [0.1, 0.15) is 0 Å². The lowest BCUT2D eigenvalue weighted by Gasteiger charge is -2.46. The second-order valence-corrected chi connectivity index (χ2v) is 16.1. The van der Waals surface area contributed by atoms with Crippen molar-refractivity contribution in [1.29, 1.82) is 0 Å². The summed E-state index contributed by atoms with van der Waals surface area (Å²) < 4.78 is 0. The maximum Gasteiger partial charge on any atom is 0.165 e. The molecule has 7 aromatic carbocycles. The Morgan fingerprint density at radius 1 is 0.360 bits per heavy atom. The Hall–Kier alpha value is -5.75. The van der Waals surface area contributed by atoms with Crippen molar-refractivity contribution in [3.05, 3.63) is 188 Å². The Kier molecular flexibility index (Phi) is 7.84. The van der Waals surface area contributed by atoms with Crippen LogP contribution in [0.5, 0.6) is 0 Å². The molecule has 0 unspecified atom stereocenters. The summed E-state index contributed by atoms with van der Waals surface area (Å²) in [5.74, 6) is 1.96. The molecule has 3 nitrogen and oxygen atoms in total. The average Bonchev–Trinajstić information content (AvgIpc) is 3.21. The molecule has 0 N–H and O–H groups in total. The van der Waals surface area contributed by atoms with Crippen molar-refractivity contribution < 1.29 is 0 Å². The van der Waals surface area contributed by atoms with Gasteiger partial charge in [-0.3, -0.25) is 0 Å². The van der Waals surface area contributed by atoms with E-state index in [1.165, 1.54) is 29.4 Å². The lowest BCUT2D eigenvalue weighted by Crippen LogP contribution is -2.11. The van der Waals surface area contributed by atoms with Gasteiger partial charge in [0.2, 0.25) is 0 Å². The molecule has 1 aromatic heterocycles. The van der Waals surface area contributed by atoms with Crippen molar-refractivity contribution in [3.8, 4) is 45.3 Å². The Bertz CT molecular complexity index is 2410. The summed E-state index contributed by atoms with van der Waals surface area (Å²) in [6.07, 6.45) is 0. The van der Waals surface area contributed by atoms with E-state index in [9.17, 15) is 0 Å².